The lowest BCUT2D eigenvalue weighted by Gasteiger charge is -2.32. The summed E-state index contributed by atoms with van der Waals surface area (Å²) in [5.74, 6) is -0.518. The van der Waals surface area contributed by atoms with Gasteiger partial charge in [-0.05, 0) is 6.07 Å². The van der Waals surface area contributed by atoms with Gasteiger partial charge in [0, 0.05) is 23.2 Å². The number of anilines is 1. The average molecular weight is 485 g/mol. The van der Waals surface area contributed by atoms with Crippen LogP contribution in [0.5, 0.6) is 0 Å². The number of aryl methyl sites for hydroxylation is 1. The fraction of sp³-hybridized carbons (Fsp3) is 0.385. The Balaban J connectivity index is 1.44. The highest BCUT2D eigenvalue weighted by Gasteiger charge is 2.73. The first-order valence-corrected chi connectivity index (χ1v) is 11.9. The third-order valence-electron chi connectivity index (χ3n) is 7.79. The van der Waals surface area contributed by atoms with Crippen LogP contribution in [0.2, 0.25) is 0 Å². The molecule has 2 aromatic heterocycles. The van der Waals surface area contributed by atoms with E-state index in [-0.39, 0.29) is 27.3 Å². The number of hydrogen-bond donors (Lipinski definition) is 0. The van der Waals surface area contributed by atoms with Crippen LogP contribution < -0.4 is 4.90 Å². The van der Waals surface area contributed by atoms with E-state index >= 15 is 0 Å². The molecule has 10 nitrogen and oxygen atoms in total. The highest BCUT2D eigenvalue weighted by Crippen LogP contribution is 2.45. The first kappa shape index (κ1) is 22.5. The van der Waals surface area contributed by atoms with E-state index in [4.69, 9.17) is 0 Å². The van der Waals surface area contributed by atoms with Gasteiger partial charge in [-0.3, -0.25) is 14.3 Å². The zero-order valence-electron chi connectivity index (χ0n) is 20.6. The van der Waals surface area contributed by atoms with Crippen LogP contribution in [0.3, 0.4) is 0 Å². The second-order valence-electron chi connectivity index (χ2n) is 10.9. The lowest BCUT2D eigenvalue weighted by molar-refractivity contribution is -0.852. The number of Topliss-reactive ketones (excluding diaryl/α,β-unsaturated/α-hetero) is 1. The lowest BCUT2D eigenvalue weighted by Crippen LogP contribution is -2.62. The number of carbonyl (C=O) groups is 3. The molecule has 3 amide bonds. The molecule has 0 N–H and O–H groups in total. The van der Waals surface area contributed by atoms with E-state index in [0.29, 0.717) is 41.9 Å². The van der Waals surface area contributed by atoms with E-state index < -0.39 is 18.1 Å². The maximum absolute atomic E-state index is 14.2. The summed E-state index contributed by atoms with van der Waals surface area (Å²) in [5, 5.41) is 15.2. The normalized spacial score (nSPS) is 27.1. The Bertz CT molecular complexity index is 1530. The van der Waals surface area contributed by atoms with Crippen LogP contribution in [0.25, 0.3) is 10.8 Å². The van der Waals surface area contributed by atoms with Gasteiger partial charge >= 0.3 is 6.03 Å². The first-order chi connectivity index (χ1) is 17.1. The van der Waals surface area contributed by atoms with Gasteiger partial charge in [0.15, 0.2) is 12.1 Å². The van der Waals surface area contributed by atoms with Crippen LogP contribution in [0, 0.1) is 11.3 Å². The molecule has 3 aromatic rings. The predicted octanol–water partition coefficient (Wildman–Crippen LogP) is 2.33. The van der Waals surface area contributed by atoms with Crippen LogP contribution >= 0.6 is 0 Å². The van der Waals surface area contributed by atoms with Crippen LogP contribution in [-0.4, -0.2) is 73.7 Å². The Morgan fingerprint density at radius 2 is 1.89 bits per heavy atom. The van der Waals surface area contributed by atoms with Crippen molar-refractivity contribution in [2.24, 2.45) is 7.05 Å². The van der Waals surface area contributed by atoms with Crippen LogP contribution in [0.4, 0.5) is 10.5 Å². The Kier molecular flexibility index (Phi) is 4.56. The number of fused-ring (bicyclic) bond motifs is 2. The quantitative estimate of drug-likeness (QED) is 0.319. The average Bonchev–Trinajstić information content (AvgIpc) is 3.58. The van der Waals surface area contributed by atoms with E-state index in [1.807, 2.05) is 25.7 Å². The standard InChI is InChI=1S/C26H26N7O3/c1-26(2,3)22-9-18(30(4)29-22)23(34)20-12-31-13-21-24(35)32(25(36)33(20,21)14-31)19-11-28-17(10-27)15-7-5-6-8-16(15)19/h5-9,11,20-21H,12-14H2,1-4H3/q+1. The van der Waals surface area contributed by atoms with Gasteiger partial charge in [-0.25, -0.2) is 19.2 Å². The van der Waals surface area contributed by atoms with Gasteiger partial charge in [0.2, 0.25) is 5.78 Å². The van der Waals surface area contributed by atoms with Crippen molar-refractivity contribution < 1.29 is 18.9 Å². The van der Waals surface area contributed by atoms with Crippen LogP contribution in [0.15, 0.2) is 36.5 Å². The number of piperazine rings is 1. The highest BCUT2D eigenvalue weighted by molar-refractivity contribution is 6.22. The summed E-state index contributed by atoms with van der Waals surface area (Å²) in [6.07, 6.45) is 1.42. The van der Waals surface area contributed by atoms with Crippen molar-refractivity contribution in [2.45, 2.75) is 38.3 Å². The molecule has 0 radical (unpaired) electrons. The molecule has 3 fully saturated rings. The van der Waals surface area contributed by atoms with Crippen molar-refractivity contribution in [3.05, 3.63) is 53.6 Å². The second-order valence-corrected chi connectivity index (χ2v) is 10.9. The van der Waals surface area contributed by atoms with E-state index in [1.54, 1.807) is 42.1 Å². The molecule has 2 bridgehead atoms. The van der Waals surface area contributed by atoms with Gasteiger partial charge < -0.3 is 0 Å². The molecule has 1 aromatic carbocycles. The molecule has 6 rings (SSSR count). The van der Waals surface area contributed by atoms with Crippen molar-refractivity contribution in [1.29, 1.82) is 5.26 Å². The van der Waals surface area contributed by atoms with Crippen LogP contribution in [0.1, 0.15) is 42.6 Å². The smallest absolute Gasteiger partial charge is 0.286 e. The molecule has 5 heterocycles. The number of ketones is 1. The molecule has 1 spiro atoms. The number of quaternary nitrogens is 1. The number of amides is 3. The highest BCUT2D eigenvalue weighted by atomic mass is 16.2. The summed E-state index contributed by atoms with van der Waals surface area (Å²) >= 11 is 0. The molecule has 182 valence electrons. The van der Waals surface area contributed by atoms with Crippen molar-refractivity contribution in [2.75, 3.05) is 24.7 Å². The molecule has 4 atom stereocenters. The number of urea groups is 1. The number of hydrogen-bond acceptors (Lipinski definition) is 7. The Hall–Kier alpha value is -3.94. The number of rotatable bonds is 3. The summed E-state index contributed by atoms with van der Waals surface area (Å²) in [4.78, 5) is 49.2. The summed E-state index contributed by atoms with van der Waals surface area (Å²) in [6.45, 7) is 7.24. The van der Waals surface area contributed by atoms with E-state index in [2.05, 4.69) is 16.2 Å². The Morgan fingerprint density at radius 1 is 1.17 bits per heavy atom. The monoisotopic (exact) mass is 484 g/mol. The lowest BCUT2D eigenvalue weighted by atomic mass is 9.91. The molecule has 36 heavy (non-hydrogen) atoms. The second kappa shape index (κ2) is 7.29. The van der Waals surface area contributed by atoms with E-state index in [0.717, 1.165) is 5.69 Å². The third kappa shape index (κ3) is 2.81. The van der Waals surface area contributed by atoms with Crippen LogP contribution in [-0.2, 0) is 17.3 Å². The minimum Gasteiger partial charge on any atom is -0.286 e. The SMILES string of the molecule is Cn1nc(C(C)(C)C)cc1C(=O)C1CN2CC3C(=O)N(c4cnc(C#N)c5ccccc45)C(=O)[N+]13C2. The number of imide groups is 1. The van der Waals surface area contributed by atoms with E-state index in [1.165, 1.54) is 11.1 Å². The summed E-state index contributed by atoms with van der Waals surface area (Å²) < 4.78 is 1.35. The van der Waals surface area contributed by atoms with Crippen molar-refractivity contribution in [3.63, 3.8) is 0 Å². The van der Waals surface area contributed by atoms with Crippen molar-refractivity contribution in [3.8, 4) is 6.07 Å². The third-order valence-corrected chi connectivity index (χ3v) is 7.79. The number of nitrogens with zero attached hydrogens (tertiary/aromatic N) is 7. The maximum atomic E-state index is 14.2. The molecular formula is C26H26N7O3+. The topological polar surface area (TPSA) is 112 Å². The van der Waals surface area contributed by atoms with Gasteiger partial charge in [0.1, 0.15) is 24.1 Å². The number of benzene rings is 1. The van der Waals surface area contributed by atoms with Crippen molar-refractivity contribution >= 4 is 34.2 Å². The van der Waals surface area contributed by atoms with Crippen molar-refractivity contribution in [1.82, 2.24) is 19.7 Å². The molecule has 10 heteroatoms. The molecule has 3 saturated heterocycles. The zero-order chi connectivity index (χ0) is 25.6. The number of pyridine rings is 1. The maximum Gasteiger partial charge on any atom is 0.433 e. The largest absolute Gasteiger partial charge is 0.433 e. The predicted molar refractivity (Wildman–Crippen MR) is 130 cm³/mol. The number of carbonyl (C=O) groups excluding carboxylic acids is 3. The van der Waals surface area contributed by atoms with Gasteiger partial charge in [-0.2, -0.15) is 15.3 Å². The molecule has 3 aliphatic heterocycles. The van der Waals surface area contributed by atoms with Gasteiger partial charge in [-0.1, -0.05) is 45.0 Å². The number of aromatic nitrogens is 3. The fourth-order valence-corrected chi connectivity index (χ4v) is 5.94. The van der Waals surface area contributed by atoms with E-state index in [9.17, 15) is 19.6 Å². The molecule has 4 unspecified atom stereocenters. The Labute approximate surface area is 207 Å². The summed E-state index contributed by atoms with van der Waals surface area (Å²) in [7, 11) is 1.74. The molecular weight excluding hydrogens is 458 g/mol. The Morgan fingerprint density at radius 3 is 2.56 bits per heavy atom. The minimum atomic E-state index is -0.703. The number of nitriles is 1. The molecule has 3 aliphatic rings. The molecule has 0 aliphatic carbocycles. The first-order valence-electron chi connectivity index (χ1n) is 11.9. The summed E-state index contributed by atoms with van der Waals surface area (Å²) in [5.41, 5.74) is 1.58. The van der Waals surface area contributed by atoms with Gasteiger partial charge in [0.05, 0.1) is 30.7 Å². The van der Waals surface area contributed by atoms with Gasteiger partial charge in [0.25, 0.3) is 5.91 Å². The fourth-order valence-electron chi connectivity index (χ4n) is 5.94. The minimum absolute atomic E-state index is 0.182. The molecule has 0 saturated carbocycles. The zero-order valence-corrected chi connectivity index (χ0v) is 20.6. The van der Waals surface area contributed by atoms with Gasteiger partial charge in [-0.15, -0.1) is 0 Å². The summed E-state index contributed by atoms with van der Waals surface area (Å²) in [6, 6.07) is 9.20.